The van der Waals surface area contributed by atoms with Gasteiger partial charge in [-0.05, 0) is 136 Å². The molecule has 0 aliphatic rings. The first-order valence-corrected chi connectivity index (χ1v) is 18.6. The minimum absolute atomic E-state index is 0.725. The number of hydrogen-bond acceptors (Lipinski definition) is 4. The normalized spacial score (nSPS) is 11.6. The van der Waals surface area contributed by atoms with Gasteiger partial charge in [-0.15, -0.1) is 0 Å². The molecule has 0 saturated carbocycles. The first-order valence-electron chi connectivity index (χ1n) is 18.6. The SMILES string of the molecule is CC(C)CCCCCNCCCCCc1cccc(-c2ccccc2-c2cccc(CNCCCNCCCNCC(C)C)c2)c1. The lowest BCUT2D eigenvalue weighted by Gasteiger charge is -2.13. The van der Waals surface area contributed by atoms with E-state index in [4.69, 9.17) is 0 Å². The van der Waals surface area contributed by atoms with E-state index in [-0.39, 0.29) is 0 Å². The molecule has 3 rings (SSSR count). The molecule has 0 atom stereocenters. The molecule has 46 heavy (non-hydrogen) atoms. The van der Waals surface area contributed by atoms with Crippen LogP contribution < -0.4 is 21.3 Å². The summed E-state index contributed by atoms with van der Waals surface area (Å²) in [5.41, 5.74) is 8.02. The number of hydrogen-bond donors (Lipinski definition) is 4. The van der Waals surface area contributed by atoms with Crippen LogP contribution in [-0.2, 0) is 13.0 Å². The molecule has 0 aromatic heterocycles. The van der Waals surface area contributed by atoms with Gasteiger partial charge in [-0.2, -0.15) is 0 Å². The standard InChI is InChI=1S/C42H66N4/c1-35(2)17-7-5-11-25-43-26-12-6-8-18-37-19-13-21-39(31-37)41-23-9-10-24-42(41)40-22-14-20-38(32-40)34-46-30-16-28-44-27-15-29-45-33-36(3)4/h9-10,13-14,19-24,31-32,35-36,43-46H,5-8,11-12,15-18,25-30,33-34H2,1-4H3. The van der Waals surface area contributed by atoms with E-state index in [0.29, 0.717) is 0 Å². The topological polar surface area (TPSA) is 48.1 Å². The summed E-state index contributed by atoms with van der Waals surface area (Å²) in [5, 5.41) is 14.4. The predicted octanol–water partition coefficient (Wildman–Crippen LogP) is 9.24. The maximum atomic E-state index is 3.65. The summed E-state index contributed by atoms with van der Waals surface area (Å²) in [6.45, 7) is 17.8. The fourth-order valence-corrected chi connectivity index (χ4v) is 6.02. The zero-order chi connectivity index (χ0) is 32.7. The van der Waals surface area contributed by atoms with E-state index in [0.717, 1.165) is 70.5 Å². The Hall–Kier alpha value is -2.50. The van der Waals surface area contributed by atoms with Crippen LogP contribution in [0.5, 0.6) is 0 Å². The monoisotopic (exact) mass is 627 g/mol. The highest BCUT2D eigenvalue weighted by atomic mass is 14.9. The van der Waals surface area contributed by atoms with E-state index in [1.165, 1.54) is 91.3 Å². The second-order valence-corrected chi connectivity index (χ2v) is 14.0. The largest absolute Gasteiger partial charge is 0.317 e. The van der Waals surface area contributed by atoms with Gasteiger partial charge in [-0.1, -0.05) is 120 Å². The molecular weight excluding hydrogens is 560 g/mol. The summed E-state index contributed by atoms with van der Waals surface area (Å²) >= 11 is 0. The lowest BCUT2D eigenvalue weighted by Crippen LogP contribution is -2.26. The van der Waals surface area contributed by atoms with Crippen LogP contribution in [0.3, 0.4) is 0 Å². The molecule has 3 aromatic rings. The average Bonchev–Trinajstić information content (AvgIpc) is 3.06. The van der Waals surface area contributed by atoms with E-state index in [2.05, 4.69) is 122 Å². The molecule has 3 aromatic carbocycles. The molecule has 0 fully saturated rings. The first kappa shape index (κ1) is 38.0. The zero-order valence-corrected chi connectivity index (χ0v) is 29.8. The summed E-state index contributed by atoms with van der Waals surface area (Å²) in [5.74, 6) is 1.57. The highest BCUT2D eigenvalue weighted by Gasteiger charge is 2.09. The number of unbranched alkanes of at least 4 members (excludes halogenated alkanes) is 4. The number of nitrogens with one attached hydrogen (secondary N) is 4. The van der Waals surface area contributed by atoms with Crippen molar-refractivity contribution in [2.75, 3.05) is 45.8 Å². The van der Waals surface area contributed by atoms with Crippen molar-refractivity contribution in [2.45, 2.75) is 98.4 Å². The molecule has 0 heterocycles. The molecule has 0 saturated heterocycles. The van der Waals surface area contributed by atoms with E-state index in [9.17, 15) is 0 Å². The molecule has 254 valence electrons. The minimum atomic E-state index is 0.725. The van der Waals surface area contributed by atoms with E-state index < -0.39 is 0 Å². The molecule has 0 radical (unpaired) electrons. The molecule has 4 N–H and O–H groups in total. The fourth-order valence-electron chi connectivity index (χ4n) is 6.02. The molecular formula is C42H66N4. The Balaban J connectivity index is 1.39. The third-order valence-corrected chi connectivity index (χ3v) is 8.65. The molecule has 0 bridgehead atoms. The van der Waals surface area contributed by atoms with Gasteiger partial charge in [0, 0.05) is 6.54 Å². The second kappa shape index (κ2) is 23.8. The van der Waals surface area contributed by atoms with Gasteiger partial charge in [-0.3, -0.25) is 0 Å². The Morgan fingerprint density at radius 2 is 1.00 bits per heavy atom. The van der Waals surface area contributed by atoms with Gasteiger partial charge in [0.2, 0.25) is 0 Å². The number of rotatable bonds is 26. The van der Waals surface area contributed by atoms with E-state index in [1.807, 2.05) is 0 Å². The van der Waals surface area contributed by atoms with Crippen LogP contribution in [0.4, 0.5) is 0 Å². The Morgan fingerprint density at radius 1 is 0.457 bits per heavy atom. The summed E-state index contributed by atoms with van der Waals surface area (Å²) in [6, 6.07) is 27.2. The van der Waals surface area contributed by atoms with Gasteiger partial charge < -0.3 is 21.3 Å². The Kier molecular flexibility index (Phi) is 19.6. The lowest BCUT2D eigenvalue weighted by molar-refractivity contribution is 0.511. The summed E-state index contributed by atoms with van der Waals surface area (Å²) in [7, 11) is 0. The Morgan fingerprint density at radius 3 is 1.63 bits per heavy atom. The molecule has 0 aliphatic heterocycles. The van der Waals surface area contributed by atoms with Crippen LogP contribution in [0.2, 0.25) is 0 Å². The van der Waals surface area contributed by atoms with Crippen LogP contribution in [0.15, 0.2) is 72.8 Å². The maximum absolute atomic E-state index is 3.65. The molecule has 4 nitrogen and oxygen atoms in total. The quantitative estimate of drug-likeness (QED) is 0.0671. The smallest absolute Gasteiger partial charge is 0.0205 e. The average molecular weight is 627 g/mol. The highest BCUT2D eigenvalue weighted by molar-refractivity contribution is 5.83. The van der Waals surface area contributed by atoms with Crippen molar-refractivity contribution in [1.29, 1.82) is 0 Å². The Bertz CT molecular complexity index is 1100. The van der Waals surface area contributed by atoms with Gasteiger partial charge in [0.15, 0.2) is 0 Å². The van der Waals surface area contributed by atoms with Crippen LogP contribution in [0.25, 0.3) is 22.3 Å². The molecule has 0 aliphatic carbocycles. The fraction of sp³-hybridized carbons (Fsp3) is 0.571. The summed E-state index contributed by atoms with van der Waals surface area (Å²) in [4.78, 5) is 0. The van der Waals surface area contributed by atoms with Crippen LogP contribution in [0.1, 0.15) is 96.6 Å². The lowest BCUT2D eigenvalue weighted by atomic mass is 9.92. The molecule has 4 heteroatoms. The van der Waals surface area contributed by atoms with Crippen molar-refractivity contribution < 1.29 is 0 Å². The van der Waals surface area contributed by atoms with Crippen LogP contribution in [-0.4, -0.2) is 45.8 Å². The molecule has 0 spiro atoms. The van der Waals surface area contributed by atoms with Gasteiger partial charge in [-0.25, -0.2) is 0 Å². The predicted molar refractivity (Wildman–Crippen MR) is 203 cm³/mol. The van der Waals surface area contributed by atoms with Crippen molar-refractivity contribution in [3.63, 3.8) is 0 Å². The van der Waals surface area contributed by atoms with Crippen LogP contribution >= 0.6 is 0 Å². The Labute approximate surface area is 283 Å². The van der Waals surface area contributed by atoms with Crippen molar-refractivity contribution in [1.82, 2.24) is 21.3 Å². The molecule has 0 unspecified atom stereocenters. The number of aryl methyl sites for hydroxylation is 1. The van der Waals surface area contributed by atoms with Gasteiger partial charge in [0.05, 0.1) is 0 Å². The zero-order valence-electron chi connectivity index (χ0n) is 29.8. The maximum Gasteiger partial charge on any atom is 0.0205 e. The highest BCUT2D eigenvalue weighted by Crippen LogP contribution is 2.33. The van der Waals surface area contributed by atoms with Gasteiger partial charge in [0.25, 0.3) is 0 Å². The third kappa shape index (κ3) is 16.4. The number of benzene rings is 3. The van der Waals surface area contributed by atoms with E-state index in [1.54, 1.807) is 0 Å². The van der Waals surface area contributed by atoms with Crippen molar-refractivity contribution >= 4 is 0 Å². The summed E-state index contributed by atoms with van der Waals surface area (Å²) < 4.78 is 0. The van der Waals surface area contributed by atoms with Crippen LogP contribution in [0, 0.1) is 11.8 Å². The molecule has 0 amide bonds. The van der Waals surface area contributed by atoms with Gasteiger partial charge >= 0.3 is 0 Å². The van der Waals surface area contributed by atoms with E-state index >= 15 is 0 Å². The second-order valence-electron chi connectivity index (χ2n) is 14.0. The van der Waals surface area contributed by atoms with Crippen molar-refractivity contribution in [2.24, 2.45) is 11.8 Å². The van der Waals surface area contributed by atoms with Crippen molar-refractivity contribution in [3.05, 3.63) is 83.9 Å². The third-order valence-electron chi connectivity index (χ3n) is 8.65. The summed E-state index contributed by atoms with van der Waals surface area (Å²) in [6.07, 6.45) is 12.7. The van der Waals surface area contributed by atoms with Gasteiger partial charge in [0.1, 0.15) is 0 Å². The first-order chi connectivity index (χ1) is 22.5. The van der Waals surface area contributed by atoms with Crippen molar-refractivity contribution in [3.8, 4) is 22.3 Å². The minimum Gasteiger partial charge on any atom is -0.317 e.